The smallest absolute Gasteiger partial charge is 0.306 e. The number of carboxylic acid groups (broad SMARTS) is 1. The van der Waals surface area contributed by atoms with Gasteiger partial charge in [-0.15, -0.1) is 11.3 Å². The molecule has 0 radical (unpaired) electrons. The number of ether oxygens (including phenoxy) is 2. The van der Waals surface area contributed by atoms with Gasteiger partial charge in [-0.2, -0.15) is 5.26 Å². The Morgan fingerprint density at radius 1 is 1.10 bits per heavy atom. The number of halogens is 1. The maximum absolute atomic E-state index is 11.5. The number of aliphatic hydroxyl groups excluding tert-OH is 1. The predicted molar refractivity (Wildman–Crippen MR) is 188 cm³/mol. The van der Waals surface area contributed by atoms with E-state index in [0.717, 1.165) is 27.3 Å². The summed E-state index contributed by atoms with van der Waals surface area (Å²) in [6.07, 6.45) is -0.681. The van der Waals surface area contributed by atoms with Crippen LogP contribution in [-0.2, 0) is 20.1 Å². The first-order valence-corrected chi connectivity index (χ1v) is 17.0. The lowest BCUT2D eigenvalue weighted by Gasteiger charge is -2.21. The van der Waals surface area contributed by atoms with Crippen LogP contribution in [-0.4, -0.2) is 79.0 Å². The van der Waals surface area contributed by atoms with E-state index in [0.29, 0.717) is 32.7 Å². The minimum absolute atomic E-state index is 0.0162. The molecule has 2 aromatic carbocycles. The molecule has 3 N–H and O–H groups in total. The Morgan fingerprint density at radius 2 is 1.78 bits per heavy atom. The molecular formula is C34H35ClN6O6S2. The molecule has 0 aliphatic rings. The fraction of sp³-hybridized carbons (Fsp3) is 0.294. The Labute approximate surface area is 298 Å². The van der Waals surface area contributed by atoms with Gasteiger partial charge in [0.05, 0.1) is 52.0 Å². The van der Waals surface area contributed by atoms with Crippen molar-refractivity contribution in [2.75, 3.05) is 53.2 Å². The first kappa shape index (κ1) is 38.7. The van der Waals surface area contributed by atoms with Crippen molar-refractivity contribution in [3.63, 3.8) is 0 Å². The highest BCUT2D eigenvalue weighted by molar-refractivity contribution is 7.98. The molecule has 2 aromatic heterocycles. The topological polar surface area (TPSA) is 176 Å². The Balaban J connectivity index is 0.000000838. The van der Waals surface area contributed by atoms with Crippen molar-refractivity contribution in [2.45, 2.75) is 23.6 Å². The van der Waals surface area contributed by atoms with Gasteiger partial charge in [0.2, 0.25) is 5.69 Å². The number of hydrogen-bond acceptors (Lipinski definition) is 12. The largest absolute Gasteiger partial charge is 0.550 e. The number of hydrogen-bond donors (Lipinski definition) is 2. The Bertz CT molecular complexity index is 1810. The summed E-state index contributed by atoms with van der Waals surface area (Å²) >= 11 is 8.79. The van der Waals surface area contributed by atoms with Crippen LogP contribution < -0.4 is 15.6 Å². The number of benzene rings is 2. The summed E-state index contributed by atoms with van der Waals surface area (Å²) in [4.78, 5) is 34.5. The second-order valence-corrected chi connectivity index (χ2v) is 13.5. The average Bonchev–Trinajstić information content (AvgIpc) is 3.54. The number of thiazole rings is 1. The molecule has 0 fully saturated rings. The molecule has 49 heavy (non-hydrogen) atoms. The SMILES string of the molecule is C[N+](C)(C)CCO.[C-]#[N+]c1c(N)nc(SCc2csc(-c3ccc(Cl)cc3)n2)c(C#N)c1-c1ccc(OCCOC(=O)CCC(=O)[O-])cc1. The van der Waals surface area contributed by atoms with E-state index >= 15 is 0 Å². The zero-order chi connectivity index (χ0) is 36.0. The highest BCUT2D eigenvalue weighted by atomic mass is 35.5. The number of carbonyl (C=O) groups is 2. The maximum atomic E-state index is 11.5. The molecule has 0 unspecified atom stereocenters. The molecule has 4 aromatic rings. The molecule has 0 saturated heterocycles. The van der Waals surface area contributed by atoms with Gasteiger partial charge >= 0.3 is 5.97 Å². The fourth-order valence-corrected chi connectivity index (χ4v) is 5.97. The third-order valence-electron chi connectivity index (χ3n) is 6.45. The zero-order valence-corrected chi connectivity index (χ0v) is 29.5. The van der Waals surface area contributed by atoms with E-state index in [9.17, 15) is 20.0 Å². The number of pyridine rings is 1. The second kappa shape index (κ2) is 18.7. The van der Waals surface area contributed by atoms with E-state index < -0.39 is 18.4 Å². The van der Waals surface area contributed by atoms with Gasteiger partial charge in [-0.3, -0.25) is 4.79 Å². The molecule has 0 saturated carbocycles. The van der Waals surface area contributed by atoms with Crippen LogP contribution in [0.2, 0.25) is 5.02 Å². The lowest BCUT2D eigenvalue weighted by Crippen LogP contribution is -2.36. The van der Waals surface area contributed by atoms with E-state index in [2.05, 4.69) is 42.0 Å². The van der Waals surface area contributed by atoms with Gasteiger partial charge < -0.3 is 34.7 Å². The second-order valence-electron chi connectivity index (χ2n) is 11.3. The number of aliphatic carboxylic acids is 1. The number of nitriles is 1. The van der Waals surface area contributed by atoms with Crippen molar-refractivity contribution in [1.29, 1.82) is 5.26 Å². The molecule has 0 aliphatic carbocycles. The summed E-state index contributed by atoms with van der Waals surface area (Å²) in [5.74, 6) is -1.07. The van der Waals surface area contributed by atoms with Gasteiger partial charge in [0.15, 0.2) is 0 Å². The number of nitrogens with zero attached hydrogens (tertiary/aromatic N) is 5. The third-order valence-corrected chi connectivity index (χ3v) is 8.65. The zero-order valence-electron chi connectivity index (χ0n) is 27.1. The number of anilines is 1. The van der Waals surface area contributed by atoms with Crippen molar-refractivity contribution in [3.05, 3.63) is 81.6 Å². The Morgan fingerprint density at radius 3 is 2.35 bits per heavy atom. The standard InChI is InChI=1S/C29H22ClN5O5S2.C5H14NO/c1-33-26-25(17-4-8-21(9-5-17)39-12-13-40-24(38)11-10-23(36)37)22(14-31)29(35-27(26)32)42-16-20-15-41-28(34-20)18-2-6-19(30)7-3-18;1-6(2,3)4-5-7/h2-9,15H,10-13,16H2,(H2,32,35)(H,36,37);7H,4-5H2,1-3H3/q;+1/p-1. The lowest BCUT2D eigenvalue weighted by atomic mass is 10.00. The summed E-state index contributed by atoms with van der Waals surface area (Å²) in [7, 11) is 6.16. The Kier molecular flexibility index (Phi) is 14.8. The molecule has 2 heterocycles. The molecule has 0 atom stereocenters. The fourth-order valence-electron chi connectivity index (χ4n) is 4.02. The van der Waals surface area contributed by atoms with Crippen LogP contribution in [0.4, 0.5) is 11.5 Å². The van der Waals surface area contributed by atoms with Crippen LogP contribution in [0, 0.1) is 17.9 Å². The number of aromatic nitrogens is 2. The highest BCUT2D eigenvalue weighted by Crippen LogP contribution is 2.42. The number of nitrogen functional groups attached to an aromatic ring is 1. The quantitative estimate of drug-likeness (QED) is 0.0592. The lowest BCUT2D eigenvalue weighted by molar-refractivity contribution is -0.870. The predicted octanol–water partition coefficient (Wildman–Crippen LogP) is 4.96. The minimum atomic E-state index is -1.32. The molecule has 4 rings (SSSR count). The van der Waals surface area contributed by atoms with Gasteiger partial charge in [0, 0.05) is 33.3 Å². The van der Waals surface area contributed by atoms with Crippen LogP contribution in [0.5, 0.6) is 5.75 Å². The number of aliphatic hydroxyl groups is 1. The summed E-state index contributed by atoms with van der Waals surface area (Å²) in [5.41, 5.74) is 9.16. The number of rotatable bonds is 14. The molecule has 0 bridgehead atoms. The van der Waals surface area contributed by atoms with Crippen LogP contribution in [0.3, 0.4) is 0 Å². The summed E-state index contributed by atoms with van der Waals surface area (Å²) in [5, 5.41) is 32.7. The molecular weight excluding hydrogens is 688 g/mol. The molecule has 0 amide bonds. The average molecular weight is 723 g/mol. The van der Waals surface area contributed by atoms with Gasteiger partial charge in [-0.05, 0) is 36.2 Å². The number of esters is 1. The molecule has 0 spiro atoms. The van der Waals surface area contributed by atoms with Gasteiger partial charge in [0.1, 0.15) is 47.4 Å². The van der Waals surface area contributed by atoms with Crippen molar-refractivity contribution in [1.82, 2.24) is 9.97 Å². The first-order valence-electron chi connectivity index (χ1n) is 14.8. The van der Waals surface area contributed by atoms with Gasteiger partial charge in [-0.25, -0.2) is 14.8 Å². The Hall–Kier alpha value is -4.70. The van der Waals surface area contributed by atoms with E-state index in [1.54, 1.807) is 36.4 Å². The number of quaternary nitrogens is 1. The molecule has 15 heteroatoms. The van der Waals surface area contributed by atoms with Crippen LogP contribution in [0.1, 0.15) is 24.1 Å². The van der Waals surface area contributed by atoms with Crippen LogP contribution >= 0.6 is 34.7 Å². The summed E-state index contributed by atoms with van der Waals surface area (Å²) in [6, 6.07) is 16.3. The van der Waals surface area contributed by atoms with E-state index in [-0.39, 0.29) is 43.3 Å². The highest BCUT2D eigenvalue weighted by Gasteiger charge is 2.21. The van der Waals surface area contributed by atoms with E-state index in [4.69, 9.17) is 38.5 Å². The minimum Gasteiger partial charge on any atom is -0.550 e. The number of carbonyl (C=O) groups excluding carboxylic acids is 2. The summed E-state index contributed by atoms with van der Waals surface area (Å²) in [6.45, 7) is 8.77. The number of likely N-dealkylation sites (N-methyl/N-ethyl adjacent to an activating group) is 1. The maximum Gasteiger partial charge on any atom is 0.306 e. The molecule has 256 valence electrons. The molecule has 0 aliphatic heterocycles. The van der Waals surface area contributed by atoms with Crippen LogP contribution in [0.15, 0.2) is 58.9 Å². The monoisotopic (exact) mass is 722 g/mol. The third kappa shape index (κ3) is 12.4. The molecule has 12 nitrogen and oxygen atoms in total. The number of thioether (sulfide) groups is 1. The first-order chi connectivity index (χ1) is 23.3. The number of carboxylic acids is 1. The van der Waals surface area contributed by atoms with E-state index in [1.807, 2.05) is 17.5 Å². The van der Waals surface area contributed by atoms with Gasteiger partial charge in [0.25, 0.3) is 0 Å². The summed E-state index contributed by atoms with van der Waals surface area (Å²) < 4.78 is 11.3. The van der Waals surface area contributed by atoms with Crippen molar-refractivity contribution in [3.8, 4) is 33.5 Å². The number of nitrogens with two attached hydrogens (primary N) is 1. The van der Waals surface area contributed by atoms with Gasteiger partial charge in [-0.1, -0.05) is 47.6 Å². The van der Waals surface area contributed by atoms with Crippen molar-refractivity contribution < 1.29 is 33.8 Å². The van der Waals surface area contributed by atoms with Crippen molar-refractivity contribution >= 4 is 58.1 Å². The normalized spacial score (nSPS) is 10.7. The van der Waals surface area contributed by atoms with E-state index in [1.165, 1.54) is 23.1 Å². The van der Waals surface area contributed by atoms with Crippen molar-refractivity contribution in [2.24, 2.45) is 0 Å². The van der Waals surface area contributed by atoms with Crippen LogP contribution in [0.25, 0.3) is 26.5 Å².